The minimum atomic E-state index is -0.634. The molecule has 3 aliphatic rings. The van der Waals surface area contributed by atoms with Crippen molar-refractivity contribution >= 4 is 23.1 Å². The van der Waals surface area contributed by atoms with Crippen LogP contribution in [0.4, 0.5) is 17.2 Å². The third-order valence-electron chi connectivity index (χ3n) is 13.1. The number of nitrogens with zero attached hydrogens (tertiary/aromatic N) is 3. The van der Waals surface area contributed by atoms with E-state index >= 15 is 0 Å². The van der Waals surface area contributed by atoms with Gasteiger partial charge in [-0.25, -0.2) is 4.98 Å². The number of aliphatic imine (C=N–C) groups is 1. The molecular formula is C53H61N3O2Pt. The van der Waals surface area contributed by atoms with E-state index in [4.69, 9.17) is 19.5 Å². The number of fused-ring (bicyclic) bond motifs is 5. The van der Waals surface area contributed by atoms with Gasteiger partial charge in [0.2, 0.25) is 0 Å². The molecule has 1 aliphatic carbocycles. The quantitative estimate of drug-likeness (QED) is 0.168. The van der Waals surface area contributed by atoms with Crippen LogP contribution in [0, 0.1) is 45.2 Å². The molecule has 1 aromatic heterocycles. The molecule has 5 aromatic rings. The normalized spacial score (nSPS) is 20.5. The first-order valence-corrected chi connectivity index (χ1v) is 20.9. The molecule has 6 heteroatoms. The standard InChI is InChI=1S/C53H61N3O2.Pt/c1-31-19-39(56-45-18-17-37(48(5,6)7)27-43(45)51(14,15)44-21-32(2)30-54-46(44)56)28-40(20-31)57-41-25-35(24-38(26-41)49(8,9)10)47-55-52(16)29-36-22-33(3)34(4)23-42(36)53(52,58-47)50(11,12)13;/h17-24,26-27,30H,29H2,1-16H3;/q-2;+2/t52-,53-;/m1./s1. The number of hydrogen-bond donors (Lipinski definition) is 0. The fraction of sp³-hybridized carbons (Fsp3) is 0.434. The minimum Gasteiger partial charge on any atom is -0.507 e. The molecule has 5 nitrogen and oxygen atoms in total. The van der Waals surface area contributed by atoms with Gasteiger partial charge >= 0.3 is 21.1 Å². The van der Waals surface area contributed by atoms with Gasteiger partial charge in [-0.15, -0.1) is 29.8 Å². The summed E-state index contributed by atoms with van der Waals surface area (Å²) in [7, 11) is 0. The number of rotatable bonds is 4. The number of ether oxygens (including phenoxy) is 2. The number of anilines is 3. The second-order valence-corrected chi connectivity index (χ2v) is 21.2. The number of benzene rings is 4. The zero-order chi connectivity index (χ0) is 42.1. The van der Waals surface area contributed by atoms with Crippen LogP contribution in [-0.2, 0) is 54.1 Å². The van der Waals surface area contributed by atoms with Gasteiger partial charge in [-0.2, -0.15) is 5.56 Å². The molecule has 59 heavy (non-hydrogen) atoms. The first kappa shape index (κ1) is 42.9. The molecule has 310 valence electrons. The Balaban J connectivity index is 0.00000528. The maximum absolute atomic E-state index is 7.30. The van der Waals surface area contributed by atoms with Crippen molar-refractivity contribution in [2.45, 2.75) is 145 Å². The van der Waals surface area contributed by atoms with E-state index in [0.717, 1.165) is 45.9 Å². The molecule has 0 amide bonds. The zero-order valence-electron chi connectivity index (χ0n) is 38.0. The van der Waals surface area contributed by atoms with E-state index in [1.165, 1.54) is 38.9 Å². The summed E-state index contributed by atoms with van der Waals surface area (Å²) in [6, 6.07) is 29.7. The Morgan fingerprint density at radius 3 is 2.02 bits per heavy atom. The maximum Gasteiger partial charge on any atom is 2.00 e. The fourth-order valence-electron chi connectivity index (χ4n) is 9.79. The van der Waals surface area contributed by atoms with Crippen LogP contribution in [0.5, 0.6) is 11.5 Å². The monoisotopic (exact) mass is 966 g/mol. The first-order valence-electron chi connectivity index (χ1n) is 20.9. The molecular weight excluding hydrogens is 906 g/mol. The fourth-order valence-corrected chi connectivity index (χ4v) is 9.79. The molecule has 0 fully saturated rings. The Kier molecular flexibility index (Phi) is 10.1. The second kappa shape index (κ2) is 13.9. The van der Waals surface area contributed by atoms with Crippen molar-refractivity contribution in [3.63, 3.8) is 0 Å². The van der Waals surface area contributed by atoms with Crippen molar-refractivity contribution in [1.29, 1.82) is 0 Å². The molecule has 4 aromatic carbocycles. The average Bonchev–Trinajstić information content (AvgIpc) is 3.54. The van der Waals surface area contributed by atoms with E-state index in [1.54, 1.807) is 0 Å². The van der Waals surface area contributed by atoms with Crippen molar-refractivity contribution in [1.82, 2.24) is 4.98 Å². The largest absolute Gasteiger partial charge is 2.00 e. The van der Waals surface area contributed by atoms with Crippen molar-refractivity contribution in [2.75, 3.05) is 4.90 Å². The van der Waals surface area contributed by atoms with Gasteiger partial charge in [0.15, 0.2) is 5.60 Å². The predicted octanol–water partition coefficient (Wildman–Crippen LogP) is 13.4. The number of pyridine rings is 1. The molecule has 0 saturated heterocycles. The number of hydrogen-bond acceptors (Lipinski definition) is 5. The molecule has 0 unspecified atom stereocenters. The van der Waals surface area contributed by atoms with Crippen molar-refractivity contribution < 1.29 is 30.5 Å². The Morgan fingerprint density at radius 1 is 0.695 bits per heavy atom. The number of aryl methyl sites for hydroxylation is 4. The van der Waals surface area contributed by atoms with E-state index < -0.39 is 11.1 Å². The molecule has 3 heterocycles. The summed E-state index contributed by atoms with van der Waals surface area (Å²) < 4.78 is 14.2. The molecule has 0 bridgehead atoms. The van der Waals surface area contributed by atoms with Gasteiger partial charge in [0.1, 0.15) is 11.7 Å². The molecule has 0 saturated carbocycles. The summed E-state index contributed by atoms with van der Waals surface area (Å²) in [5.74, 6) is 2.74. The topological polar surface area (TPSA) is 47.0 Å². The zero-order valence-corrected chi connectivity index (χ0v) is 40.3. The van der Waals surface area contributed by atoms with Crippen LogP contribution in [0.25, 0.3) is 0 Å². The van der Waals surface area contributed by atoms with Gasteiger partial charge < -0.3 is 14.4 Å². The van der Waals surface area contributed by atoms with Gasteiger partial charge in [0.25, 0.3) is 0 Å². The summed E-state index contributed by atoms with van der Waals surface area (Å²) >= 11 is 0. The summed E-state index contributed by atoms with van der Waals surface area (Å²) in [4.78, 5) is 12.8. The predicted molar refractivity (Wildman–Crippen MR) is 239 cm³/mol. The van der Waals surface area contributed by atoms with E-state index in [1.807, 2.05) is 12.3 Å². The minimum absolute atomic E-state index is 0. The van der Waals surface area contributed by atoms with Gasteiger partial charge in [-0.1, -0.05) is 131 Å². The third-order valence-corrected chi connectivity index (χ3v) is 13.1. The maximum atomic E-state index is 7.30. The Bertz CT molecular complexity index is 2550. The SMILES string of the molecule is Cc1cc(Oc2[c-]c(C3=N[C@]4(C)Cc5cc(C)c(C)cc5[C@]4(C(C)(C)C)O3)cc(C(C)(C)C)c2)[c-]c(N2c3ccc(C(C)(C)C)cc3C(C)(C)c3cc(C)cnc32)c1.[Pt+2]. The van der Waals surface area contributed by atoms with Crippen molar-refractivity contribution in [3.05, 3.63) is 140 Å². The van der Waals surface area contributed by atoms with Gasteiger partial charge in [-0.05, 0) is 84.0 Å². The van der Waals surface area contributed by atoms with Gasteiger partial charge in [-0.3, -0.25) is 4.99 Å². The average molecular weight is 967 g/mol. The van der Waals surface area contributed by atoms with Crippen LogP contribution >= 0.6 is 0 Å². The Morgan fingerprint density at radius 2 is 1.36 bits per heavy atom. The first-order chi connectivity index (χ1) is 26.8. The molecule has 0 radical (unpaired) electrons. The molecule has 0 spiro atoms. The molecule has 2 aliphatic heterocycles. The van der Waals surface area contributed by atoms with Crippen LogP contribution in [0.1, 0.15) is 144 Å². The van der Waals surface area contributed by atoms with Gasteiger partial charge in [0.05, 0.1) is 5.54 Å². The molecule has 8 rings (SSSR count). The van der Waals surface area contributed by atoms with Crippen LogP contribution in [0.15, 0.2) is 71.9 Å². The molecule has 0 N–H and O–H groups in total. The molecule has 2 atom stereocenters. The van der Waals surface area contributed by atoms with E-state index in [9.17, 15) is 0 Å². The van der Waals surface area contributed by atoms with Gasteiger partial charge in [0, 0.05) is 51.8 Å². The third kappa shape index (κ3) is 6.88. The van der Waals surface area contributed by atoms with E-state index in [0.29, 0.717) is 17.4 Å². The number of aromatic nitrogens is 1. The van der Waals surface area contributed by atoms with Crippen LogP contribution in [0.3, 0.4) is 0 Å². The van der Waals surface area contributed by atoms with Crippen molar-refractivity contribution in [3.8, 4) is 11.5 Å². The Hall–Kier alpha value is -4.21. The Labute approximate surface area is 368 Å². The van der Waals surface area contributed by atoms with E-state index in [-0.39, 0.29) is 42.7 Å². The summed E-state index contributed by atoms with van der Waals surface area (Å²) in [5, 5.41) is 0. The van der Waals surface area contributed by atoms with E-state index in [2.05, 4.69) is 182 Å². The second-order valence-electron chi connectivity index (χ2n) is 21.2. The van der Waals surface area contributed by atoms with Crippen LogP contribution in [-0.4, -0.2) is 16.4 Å². The van der Waals surface area contributed by atoms with Crippen LogP contribution in [0.2, 0.25) is 0 Å². The smallest absolute Gasteiger partial charge is 0.507 e. The summed E-state index contributed by atoms with van der Waals surface area (Å²) in [6.07, 6.45) is 2.78. The summed E-state index contributed by atoms with van der Waals surface area (Å²) in [5.41, 5.74) is 13.2. The van der Waals surface area contributed by atoms with Crippen LogP contribution < -0.4 is 9.64 Å². The van der Waals surface area contributed by atoms with Crippen molar-refractivity contribution in [2.24, 2.45) is 10.4 Å². The summed E-state index contributed by atoms with van der Waals surface area (Å²) in [6.45, 7) is 35.9.